The molecule has 3 nitrogen and oxygen atoms in total. The molecule has 2 unspecified atom stereocenters. The Kier molecular flexibility index (Phi) is 5.01. The summed E-state index contributed by atoms with van der Waals surface area (Å²) in [5.74, 6) is -3.77. The molecule has 20 heavy (non-hydrogen) atoms. The number of hydrogen-bond acceptors (Lipinski definition) is 3. The average Bonchev–Trinajstić information content (AvgIpc) is 2.48. The van der Waals surface area contributed by atoms with Crippen LogP contribution >= 0.6 is 0 Å². The molecule has 2 atom stereocenters. The molecule has 1 heterocycles. The molecular formula is C14H19F3N2O. The summed E-state index contributed by atoms with van der Waals surface area (Å²) in [5.41, 5.74) is 0.0920. The second kappa shape index (κ2) is 6.56. The molecule has 1 aromatic rings. The van der Waals surface area contributed by atoms with Crippen molar-refractivity contribution in [1.82, 2.24) is 10.2 Å². The molecule has 1 aliphatic rings. The van der Waals surface area contributed by atoms with Crippen molar-refractivity contribution in [2.24, 2.45) is 0 Å². The monoisotopic (exact) mass is 288 g/mol. The van der Waals surface area contributed by atoms with E-state index in [0.717, 1.165) is 19.2 Å². The number of ether oxygens (including phenoxy) is 1. The lowest BCUT2D eigenvalue weighted by Crippen LogP contribution is -2.47. The van der Waals surface area contributed by atoms with Crippen LogP contribution in [0.4, 0.5) is 13.2 Å². The maximum Gasteiger partial charge on any atom is 0.194 e. The van der Waals surface area contributed by atoms with Crippen LogP contribution in [0.2, 0.25) is 0 Å². The van der Waals surface area contributed by atoms with Crippen LogP contribution < -0.4 is 5.32 Å². The Hall–Kier alpha value is -1.11. The number of benzene rings is 1. The first-order valence-corrected chi connectivity index (χ1v) is 6.73. The predicted octanol–water partition coefficient (Wildman–Crippen LogP) is 2.09. The van der Waals surface area contributed by atoms with Gasteiger partial charge in [0.25, 0.3) is 0 Å². The van der Waals surface area contributed by atoms with Gasteiger partial charge in [0.15, 0.2) is 17.5 Å². The molecule has 1 fully saturated rings. The lowest BCUT2D eigenvalue weighted by molar-refractivity contribution is -0.0450. The van der Waals surface area contributed by atoms with Crippen LogP contribution in [0.25, 0.3) is 0 Å². The first-order chi connectivity index (χ1) is 9.58. The average molecular weight is 288 g/mol. The quantitative estimate of drug-likeness (QED) is 0.859. The summed E-state index contributed by atoms with van der Waals surface area (Å²) in [5, 5.41) is 2.94. The maximum atomic E-state index is 13.9. The minimum absolute atomic E-state index is 0.0920. The van der Waals surface area contributed by atoms with E-state index in [4.69, 9.17) is 4.74 Å². The van der Waals surface area contributed by atoms with E-state index >= 15 is 0 Å². The highest BCUT2D eigenvalue weighted by atomic mass is 19.2. The van der Waals surface area contributed by atoms with Crippen molar-refractivity contribution in [2.45, 2.75) is 19.1 Å². The van der Waals surface area contributed by atoms with Gasteiger partial charge in [0.2, 0.25) is 0 Å². The van der Waals surface area contributed by atoms with Gasteiger partial charge in [0.05, 0.1) is 18.8 Å². The molecule has 0 spiro atoms. The van der Waals surface area contributed by atoms with E-state index in [1.165, 1.54) is 6.07 Å². The Balaban J connectivity index is 2.26. The summed E-state index contributed by atoms with van der Waals surface area (Å²) in [6.07, 6.45) is -0.298. The lowest BCUT2D eigenvalue weighted by atomic mass is 9.99. The molecule has 0 radical (unpaired) electrons. The molecule has 0 aliphatic carbocycles. The van der Waals surface area contributed by atoms with Crippen molar-refractivity contribution >= 4 is 0 Å². The topological polar surface area (TPSA) is 24.5 Å². The van der Waals surface area contributed by atoms with Gasteiger partial charge in [0.1, 0.15) is 0 Å². The van der Waals surface area contributed by atoms with E-state index in [2.05, 4.69) is 10.2 Å². The third-order valence-corrected chi connectivity index (χ3v) is 3.71. The standard InChI is InChI=1S/C14H19F3N2O/c1-3-19-6-7-20-11(8-19)14(18-2)9-4-5-10(15)13(17)12(9)16/h4-5,11,14,18H,3,6-8H2,1-2H3. The summed E-state index contributed by atoms with van der Waals surface area (Å²) < 4.78 is 45.9. The number of nitrogens with zero attached hydrogens (tertiary/aromatic N) is 1. The van der Waals surface area contributed by atoms with Crippen LogP contribution in [-0.2, 0) is 4.74 Å². The first kappa shape index (κ1) is 15.3. The molecule has 1 saturated heterocycles. The van der Waals surface area contributed by atoms with Gasteiger partial charge in [-0.05, 0) is 19.7 Å². The van der Waals surface area contributed by atoms with Crippen molar-refractivity contribution in [3.63, 3.8) is 0 Å². The van der Waals surface area contributed by atoms with Crippen LogP contribution in [0.15, 0.2) is 12.1 Å². The van der Waals surface area contributed by atoms with Gasteiger partial charge in [-0.2, -0.15) is 0 Å². The predicted molar refractivity (Wildman–Crippen MR) is 70.0 cm³/mol. The van der Waals surface area contributed by atoms with Crippen molar-refractivity contribution in [1.29, 1.82) is 0 Å². The van der Waals surface area contributed by atoms with Gasteiger partial charge in [-0.3, -0.25) is 4.90 Å². The van der Waals surface area contributed by atoms with Crippen molar-refractivity contribution in [3.05, 3.63) is 35.1 Å². The van der Waals surface area contributed by atoms with E-state index in [9.17, 15) is 13.2 Å². The summed E-state index contributed by atoms with van der Waals surface area (Å²) >= 11 is 0. The van der Waals surface area contributed by atoms with Crippen LogP contribution in [0.1, 0.15) is 18.5 Å². The fourth-order valence-corrected chi connectivity index (χ4v) is 2.54. The molecule has 0 amide bonds. The van der Waals surface area contributed by atoms with Crippen LogP contribution in [-0.4, -0.2) is 44.3 Å². The smallest absolute Gasteiger partial charge is 0.194 e. The Bertz CT molecular complexity index is 470. The minimum Gasteiger partial charge on any atom is -0.374 e. The van der Waals surface area contributed by atoms with Crippen molar-refractivity contribution in [2.75, 3.05) is 33.3 Å². The van der Waals surface area contributed by atoms with Crippen molar-refractivity contribution < 1.29 is 17.9 Å². The van der Waals surface area contributed by atoms with E-state index < -0.39 is 23.5 Å². The zero-order chi connectivity index (χ0) is 14.7. The molecule has 6 heteroatoms. The van der Waals surface area contributed by atoms with E-state index in [0.29, 0.717) is 13.2 Å². The molecule has 1 aliphatic heterocycles. The number of morpholine rings is 1. The molecule has 1 aromatic carbocycles. The maximum absolute atomic E-state index is 13.9. The highest BCUT2D eigenvalue weighted by Crippen LogP contribution is 2.26. The normalized spacial score (nSPS) is 21.9. The zero-order valence-corrected chi connectivity index (χ0v) is 11.6. The highest BCUT2D eigenvalue weighted by Gasteiger charge is 2.30. The fraction of sp³-hybridized carbons (Fsp3) is 0.571. The lowest BCUT2D eigenvalue weighted by Gasteiger charge is -2.36. The van der Waals surface area contributed by atoms with Gasteiger partial charge in [0, 0.05) is 18.7 Å². The number of hydrogen-bond donors (Lipinski definition) is 1. The highest BCUT2D eigenvalue weighted by molar-refractivity contribution is 5.25. The van der Waals surface area contributed by atoms with Gasteiger partial charge < -0.3 is 10.1 Å². The third kappa shape index (κ3) is 2.97. The summed E-state index contributed by atoms with van der Waals surface area (Å²) in [6.45, 7) is 4.90. The third-order valence-electron chi connectivity index (χ3n) is 3.71. The summed E-state index contributed by atoms with van der Waals surface area (Å²) in [6, 6.07) is 1.70. The molecule has 0 saturated carbocycles. The largest absolute Gasteiger partial charge is 0.374 e. The second-order valence-corrected chi connectivity index (χ2v) is 4.83. The fourth-order valence-electron chi connectivity index (χ4n) is 2.54. The number of likely N-dealkylation sites (N-methyl/N-ethyl adjacent to an activating group) is 2. The van der Waals surface area contributed by atoms with Crippen LogP contribution in [0, 0.1) is 17.5 Å². The molecule has 0 aromatic heterocycles. The van der Waals surface area contributed by atoms with Crippen molar-refractivity contribution in [3.8, 4) is 0 Å². The summed E-state index contributed by atoms with van der Waals surface area (Å²) in [4.78, 5) is 2.18. The Labute approximate surface area is 116 Å². The zero-order valence-electron chi connectivity index (χ0n) is 11.6. The first-order valence-electron chi connectivity index (χ1n) is 6.73. The second-order valence-electron chi connectivity index (χ2n) is 4.83. The van der Waals surface area contributed by atoms with Gasteiger partial charge in [-0.1, -0.05) is 13.0 Å². The Morgan fingerprint density at radius 3 is 2.75 bits per heavy atom. The molecular weight excluding hydrogens is 269 g/mol. The number of halogens is 3. The number of nitrogens with one attached hydrogen (secondary N) is 1. The molecule has 1 N–H and O–H groups in total. The van der Waals surface area contributed by atoms with E-state index in [1.54, 1.807) is 7.05 Å². The summed E-state index contributed by atoms with van der Waals surface area (Å²) in [7, 11) is 1.65. The minimum atomic E-state index is -1.44. The SMILES string of the molecule is CCN1CCOC(C(NC)c2ccc(F)c(F)c2F)C1. The Morgan fingerprint density at radius 2 is 2.10 bits per heavy atom. The molecule has 112 valence electrons. The van der Waals surface area contributed by atoms with E-state index in [-0.39, 0.29) is 11.7 Å². The van der Waals surface area contributed by atoms with Gasteiger partial charge >= 0.3 is 0 Å². The number of rotatable bonds is 4. The van der Waals surface area contributed by atoms with Crippen LogP contribution in [0.3, 0.4) is 0 Å². The molecule has 0 bridgehead atoms. The van der Waals surface area contributed by atoms with Gasteiger partial charge in [-0.25, -0.2) is 13.2 Å². The Morgan fingerprint density at radius 1 is 1.35 bits per heavy atom. The van der Waals surface area contributed by atoms with Gasteiger partial charge in [-0.15, -0.1) is 0 Å². The van der Waals surface area contributed by atoms with Crippen LogP contribution in [0.5, 0.6) is 0 Å². The van der Waals surface area contributed by atoms with E-state index in [1.807, 2.05) is 6.92 Å². The molecule has 2 rings (SSSR count).